The van der Waals surface area contributed by atoms with Crippen molar-refractivity contribution in [2.24, 2.45) is 5.92 Å². The summed E-state index contributed by atoms with van der Waals surface area (Å²) in [6, 6.07) is 4.97. The number of aryl methyl sites for hydroxylation is 1. The van der Waals surface area contributed by atoms with Crippen molar-refractivity contribution in [3.05, 3.63) is 21.9 Å². The molecule has 100 valence electrons. The van der Waals surface area contributed by atoms with Gasteiger partial charge in [0.05, 0.1) is 5.92 Å². The lowest BCUT2D eigenvalue weighted by molar-refractivity contribution is -0.143. The summed E-state index contributed by atoms with van der Waals surface area (Å²) in [5.74, 6) is -0.797. The Kier molecular flexibility index (Phi) is 4.40. The molecule has 0 amide bonds. The van der Waals surface area contributed by atoms with Crippen LogP contribution in [0.3, 0.4) is 0 Å². The summed E-state index contributed by atoms with van der Waals surface area (Å²) in [6.45, 7) is 4.28. The molecule has 3 nitrogen and oxygen atoms in total. The van der Waals surface area contributed by atoms with Crippen molar-refractivity contribution in [3.8, 4) is 0 Å². The van der Waals surface area contributed by atoms with Gasteiger partial charge in [0.25, 0.3) is 0 Å². The van der Waals surface area contributed by atoms with Crippen molar-refractivity contribution in [1.82, 2.24) is 5.32 Å². The maximum Gasteiger partial charge on any atom is 0.306 e. The van der Waals surface area contributed by atoms with E-state index in [1.165, 1.54) is 9.75 Å². The first kappa shape index (κ1) is 13.6. The number of thiophene rings is 1. The van der Waals surface area contributed by atoms with Gasteiger partial charge in [0.1, 0.15) is 0 Å². The second kappa shape index (κ2) is 5.85. The van der Waals surface area contributed by atoms with E-state index in [1.54, 1.807) is 0 Å². The van der Waals surface area contributed by atoms with E-state index in [-0.39, 0.29) is 5.92 Å². The summed E-state index contributed by atoms with van der Waals surface area (Å²) in [6.07, 6.45) is 3.72. The van der Waals surface area contributed by atoms with Crippen LogP contribution in [0.5, 0.6) is 0 Å². The van der Waals surface area contributed by atoms with Crippen LogP contribution in [0.4, 0.5) is 0 Å². The number of carbonyl (C=O) groups is 1. The molecular weight excluding hydrogens is 246 g/mol. The molecular formula is C14H21NO2S. The normalized spacial score (nSPS) is 25.9. The van der Waals surface area contributed by atoms with Crippen molar-refractivity contribution < 1.29 is 9.90 Å². The summed E-state index contributed by atoms with van der Waals surface area (Å²) >= 11 is 1.81. The van der Waals surface area contributed by atoms with Gasteiger partial charge in [-0.3, -0.25) is 4.79 Å². The first-order valence-electron chi connectivity index (χ1n) is 6.61. The highest BCUT2D eigenvalue weighted by Gasteiger charge is 2.27. The molecule has 1 heterocycles. The molecule has 1 aliphatic rings. The molecule has 3 atom stereocenters. The van der Waals surface area contributed by atoms with Gasteiger partial charge in [-0.15, -0.1) is 11.3 Å². The van der Waals surface area contributed by atoms with Gasteiger partial charge in [-0.25, -0.2) is 0 Å². The van der Waals surface area contributed by atoms with Crippen molar-refractivity contribution >= 4 is 17.3 Å². The van der Waals surface area contributed by atoms with Crippen molar-refractivity contribution in [1.29, 1.82) is 0 Å². The van der Waals surface area contributed by atoms with Crippen molar-refractivity contribution in [2.45, 2.75) is 51.6 Å². The largest absolute Gasteiger partial charge is 0.481 e. The van der Waals surface area contributed by atoms with Crippen LogP contribution in [0, 0.1) is 12.8 Å². The Bertz CT molecular complexity index is 416. The fourth-order valence-electron chi connectivity index (χ4n) is 2.69. The fourth-order valence-corrected chi connectivity index (χ4v) is 3.58. The summed E-state index contributed by atoms with van der Waals surface area (Å²) in [7, 11) is 0. The van der Waals surface area contributed by atoms with Gasteiger partial charge in [0.15, 0.2) is 0 Å². The van der Waals surface area contributed by atoms with E-state index < -0.39 is 5.97 Å². The second-order valence-corrected chi connectivity index (χ2v) is 6.55. The molecule has 0 bridgehead atoms. The molecule has 4 heteroatoms. The van der Waals surface area contributed by atoms with Gasteiger partial charge in [0.2, 0.25) is 0 Å². The number of carboxylic acids is 1. The zero-order valence-corrected chi connectivity index (χ0v) is 11.8. The summed E-state index contributed by atoms with van der Waals surface area (Å²) < 4.78 is 0. The van der Waals surface area contributed by atoms with Gasteiger partial charge < -0.3 is 10.4 Å². The lowest BCUT2D eigenvalue weighted by Gasteiger charge is -2.29. The van der Waals surface area contributed by atoms with Crippen LogP contribution in [0.25, 0.3) is 0 Å². The highest BCUT2D eigenvalue weighted by atomic mass is 32.1. The number of hydrogen-bond acceptors (Lipinski definition) is 3. The van der Waals surface area contributed by atoms with E-state index in [1.807, 2.05) is 11.3 Å². The highest BCUT2D eigenvalue weighted by Crippen LogP contribution is 2.28. The van der Waals surface area contributed by atoms with E-state index in [2.05, 4.69) is 31.3 Å². The SMILES string of the molecule is Cc1ccc(C(C)NC2CCCC(C(=O)O)C2)s1. The molecule has 0 saturated heterocycles. The Morgan fingerprint density at radius 2 is 2.28 bits per heavy atom. The van der Waals surface area contributed by atoms with Crippen LogP contribution >= 0.6 is 11.3 Å². The predicted octanol–water partition coefficient (Wildman–Crippen LogP) is 3.35. The Morgan fingerprint density at radius 1 is 1.50 bits per heavy atom. The number of aliphatic carboxylic acids is 1. The van der Waals surface area contributed by atoms with Crippen LogP contribution in [-0.2, 0) is 4.79 Å². The third-order valence-electron chi connectivity index (χ3n) is 3.70. The summed E-state index contributed by atoms with van der Waals surface area (Å²) in [4.78, 5) is 13.7. The Balaban J connectivity index is 1.91. The molecule has 3 unspecified atom stereocenters. The fraction of sp³-hybridized carbons (Fsp3) is 0.643. The van der Waals surface area contributed by atoms with Crippen molar-refractivity contribution in [2.75, 3.05) is 0 Å². The van der Waals surface area contributed by atoms with Gasteiger partial charge in [-0.05, 0) is 45.2 Å². The molecule has 1 aromatic heterocycles. The van der Waals surface area contributed by atoms with Gasteiger partial charge in [0, 0.05) is 21.8 Å². The van der Waals surface area contributed by atoms with Crippen LogP contribution in [0.2, 0.25) is 0 Å². The monoisotopic (exact) mass is 267 g/mol. The molecule has 1 aromatic rings. The molecule has 2 rings (SSSR count). The molecule has 1 aliphatic carbocycles. The maximum absolute atomic E-state index is 11.0. The Hall–Kier alpha value is -0.870. The van der Waals surface area contributed by atoms with E-state index in [4.69, 9.17) is 5.11 Å². The van der Waals surface area contributed by atoms with Crippen LogP contribution in [0.15, 0.2) is 12.1 Å². The first-order valence-corrected chi connectivity index (χ1v) is 7.43. The van der Waals surface area contributed by atoms with Crippen molar-refractivity contribution in [3.63, 3.8) is 0 Å². The van der Waals surface area contributed by atoms with Gasteiger partial charge >= 0.3 is 5.97 Å². The average molecular weight is 267 g/mol. The minimum absolute atomic E-state index is 0.159. The maximum atomic E-state index is 11.0. The Labute approximate surface area is 112 Å². The topological polar surface area (TPSA) is 49.3 Å². The van der Waals surface area contributed by atoms with Crippen LogP contribution < -0.4 is 5.32 Å². The van der Waals surface area contributed by atoms with E-state index in [0.717, 1.165) is 25.7 Å². The van der Waals surface area contributed by atoms with Gasteiger partial charge in [-0.2, -0.15) is 0 Å². The van der Waals surface area contributed by atoms with E-state index >= 15 is 0 Å². The van der Waals surface area contributed by atoms with Gasteiger partial charge in [-0.1, -0.05) is 6.42 Å². The average Bonchev–Trinajstić information content (AvgIpc) is 2.76. The second-order valence-electron chi connectivity index (χ2n) is 5.24. The summed E-state index contributed by atoms with van der Waals surface area (Å²) in [5.41, 5.74) is 0. The number of hydrogen-bond donors (Lipinski definition) is 2. The Morgan fingerprint density at radius 3 is 2.89 bits per heavy atom. The predicted molar refractivity (Wildman–Crippen MR) is 74.0 cm³/mol. The minimum atomic E-state index is -0.638. The molecule has 2 N–H and O–H groups in total. The molecule has 1 fully saturated rings. The molecule has 0 aliphatic heterocycles. The third kappa shape index (κ3) is 3.33. The highest BCUT2D eigenvalue weighted by molar-refractivity contribution is 7.12. The number of rotatable bonds is 4. The lowest BCUT2D eigenvalue weighted by Crippen LogP contribution is -2.37. The quantitative estimate of drug-likeness (QED) is 0.879. The lowest BCUT2D eigenvalue weighted by atomic mass is 9.85. The molecule has 0 radical (unpaired) electrons. The smallest absolute Gasteiger partial charge is 0.306 e. The molecule has 0 spiro atoms. The summed E-state index contributed by atoms with van der Waals surface area (Å²) in [5, 5.41) is 12.7. The molecule has 0 aromatic carbocycles. The number of nitrogens with one attached hydrogen (secondary N) is 1. The van der Waals surface area contributed by atoms with E-state index in [9.17, 15) is 4.79 Å². The first-order chi connectivity index (χ1) is 8.56. The standard InChI is InChI=1S/C14H21NO2S/c1-9-6-7-13(18-9)10(2)15-12-5-3-4-11(8-12)14(16)17/h6-7,10-12,15H,3-5,8H2,1-2H3,(H,16,17). The number of carboxylic acid groups (broad SMARTS) is 1. The minimum Gasteiger partial charge on any atom is -0.481 e. The van der Waals surface area contributed by atoms with Crippen LogP contribution in [-0.4, -0.2) is 17.1 Å². The molecule has 1 saturated carbocycles. The third-order valence-corrected chi connectivity index (χ3v) is 4.88. The zero-order valence-electron chi connectivity index (χ0n) is 11.0. The van der Waals surface area contributed by atoms with Crippen LogP contribution in [0.1, 0.15) is 48.4 Å². The van der Waals surface area contributed by atoms with E-state index in [0.29, 0.717) is 12.1 Å². The molecule has 18 heavy (non-hydrogen) atoms. The zero-order chi connectivity index (χ0) is 13.1.